The van der Waals surface area contributed by atoms with Crippen LogP contribution in [0.2, 0.25) is 0 Å². The minimum absolute atomic E-state index is 0.0676. The molecule has 4 rings (SSSR count). The number of ether oxygens (including phenoxy) is 1. The van der Waals surface area contributed by atoms with Crippen molar-refractivity contribution in [2.45, 2.75) is 44.5 Å². The van der Waals surface area contributed by atoms with Gasteiger partial charge in [0.15, 0.2) is 16.8 Å². The number of thioether (sulfide) groups is 1. The third-order valence-electron chi connectivity index (χ3n) is 5.55. The number of nitrogens with zero attached hydrogens (tertiary/aromatic N) is 4. The minimum atomic E-state index is -0.293. The van der Waals surface area contributed by atoms with Crippen LogP contribution in [0.15, 0.2) is 35.5 Å². The zero-order valence-electron chi connectivity index (χ0n) is 17.4. The monoisotopic (exact) mass is 428 g/mol. The number of ketones is 1. The number of Topliss-reactive ketones (excluding diaryl/α,β-unsaturated/α-hetero) is 1. The smallest absolute Gasteiger partial charge is 0.191 e. The van der Waals surface area contributed by atoms with Crippen molar-refractivity contribution in [1.82, 2.24) is 19.3 Å². The Kier molecular flexibility index (Phi) is 6.06. The molecule has 1 aromatic carbocycles. The number of hydrogen-bond donors (Lipinski definition) is 0. The van der Waals surface area contributed by atoms with Crippen LogP contribution in [0.3, 0.4) is 0 Å². The molecule has 1 aliphatic heterocycles. The van der Waals surface area contributed by atoms with Crippen molar-refractivity contribution in [1.29, 1.82) is 0 Å². The Morgan fingerprint density at radius 1 is 1.27 bits per heavy atom. The molecular weight excluding hydrogens is 403 g/mol. The largest absolute Gasteiger partial charge is 0.376 e. The molecule has 158 valence electrons. The number of rotatable bonds is 7. The third-order valence-corrected chi connectivity index (χ3v) is 6.57. The van der Waals surface area contributed by atoms with E-state index < -0.39 is 0 Å². The molecule has 3 heterocycles. The minimum Gasteiger partial charge on any atom is -0.376 e. The van der Waals surface area contributed by atoms with Crippen LogP contribution >= 0.6 is 11.8 Å². The van der Waals surface area contributed by atoms with Gasteiger partial charge in [-0.15, -0.1) is 10.2 Å². The van der Waals surface area contributed by atoms with E-state index >= 15 is 0 Å². The van der Waals surface area contributed by atoms with Gasteiger partial charge in [0, 0.05) is 42.7 Å². The highest BCUT2D eigenvalue weighted by molar-refractivity contribution is 7.99. The van der Waals surface area contributed by atoms with E-state index in [-0.39, 0.29) is 23.5 Å². The van der Waals surface area contributed by atoms with Gasteiger partial charge in [-0.2, -0.15) is 0 Å². The molecule has 1 saturated heterocycles. The summed E-state index contributed by atoms with van der Waals surface area (Å²) in [6.45, 7) is 5.64. The van der Waals surface area contributed by atoms with Crippen LogP contribution in [0.25, 0.3) is 11.4 Å². The van der Waals surface area contributed by atoms with Gasteiger partial charge in [0.25, 0.3) is 0 Å². The molecule has 0 radical (unpaired) electrons. The first kappa shape index (κ1) is 20.8. The molecule has 0 aliphatic carbocycles. The fourth-order valence-corrected chi connectivity index (χ4v) is 4.65. The predicted octanol–water partition coefficient (Wildman–Crippen LogP) is 4.19. The van der Waals surface area contributed by atoms with Crippen LogP contribution in [-0.2, 0) is 18.3 Å². The van der Waals surface area contributed by atoms with Crippen molar-refractivity contribution < 1.29 is 13.9 Å². The average molecular weight is 429 g/mol. The molecule has 0 unspecified atom stereocenters. The van der Waals surface area contributed by atoms with Crippen molar-refractivity contribution >= 4 is 17.5 Å². The van der Waals surface area contributed by atoms with Crippen LogP contribution in [0.5, 0.6) is 0 Å². The SMILES string of the molecule is Cc1cc(C(=O)CSc2nnc(-c3ccc(F)cc3)n2C)c(C)n1C[C@@H]1CCCO1. The van der Waals surface area contributed by atoms with E-state index in [2.05, 4.69) is 14.8 Å². The van der Waals surface area contributed by atoms with Gasteiger partial charge in [-0.05, 0) is 57.0 Å². The molecule has 1 fully saturated rings. The number of halogens is 1. The second-order valence-corrected chi connectivity index (χ2v) is 8.56. The lowest BCUT2D eigenvalue weighted by Gasteiger charge is -2.14. The fourth-order valence-electron chi connectivity index (χ4n) is 3.86. The number of carbonyl (C=O) groups is 1. The van der Waals surface area contributed by atoms with Crippen molar-refractivity contribution in [3.05, 3.63) is 53.1 Å². The molecule has 2 aromatic heterocycles. The summed E-state index contributed by atoms with van der Waals surface area (Å²) in [4.78, 5) is 12.9. The quantitative estimate of drug-likeness (QED) is 0.417. The number of aryl methyl sites for hydroxylation is 1. The molecule has 0 saturated carbocycles. The third kappa shape index (κ3) is 4.20. The molecule has 0 N–H and O–H groups in total. The maximum absolute atomic E-state index is 13.2. The summed E-state index contributed by atoms with van der Waals surface area (Å²) in [6.07, 6.45) is 2.40. The van der Waals surface area contributed by atoms with Gasteiger partial charge in [-0.25, -0.2) is 4.39 Å². The average Bonchev–Trinajstić information content (AvgIpc) is 3.44. The molecule has 3 aromatic rings. The second kappa shape index (κ2) is 8.73. The van der Waals surface area contributed by atoms with Crippen molar-refractivity contribution in [3.8, 4) is 11.4 Å². The van der Waals surface area contributed by atoms with E-state index in [1.165, 1.54) is 23.9 Å². The molecule has 8 heteroatoms. The molecule has 1 atom stereocenters. The second-order valence-electron chi connectivity index (χ2n) is 7.61. The molecule has 0 spiro atoms. The van der Waals surface area contributed by atoms with Crippen LogP contribution in [0.1, 0.15) is 34.6 Å². The van der Waals surface area contributed by atoms with Crippen molar-refractivity contribution in [2.75, 3.05) is 12.4 Å². The first-order chi connectivity index (χ1) is 14.4. The van der Waals surface area contributed by atoms with Crippen molar-refractivity contribution in [3.63, 3.8) is 0 Å². The van der Waals surface area contributed by atoms with E-state index in [1.807, 2.05) is 31.5 Å². The number of carbonyl (C=O) groups excluding carboxylic acids is 1. The van der Waals surface area contributed by atoms with E-state index in [0.717, 1.165) is 48.5 Å². The Labute approximate surface area is 179 Å². The highest BCUT2D eigenvalue weighted by Crippen LogP contribution is 2.25. The summed E-state index contributed by atoms with van der Waals surface area (Å²) >= 11 is 1.36. The standard InChI is InChI=1S/C22H25FN4O2S/c1-14-11-19(15(2)27(14)12-18-5-4-10-29-18)20(28)13-30-22-25-24-21(26(22)3)16-6-8-17(23)9-7-16/h6-9,11,18H,4-5,10,12-13H2,1-3H3/t18-/m0/s1. The summed E-state index contributed by atoms with van der Waals surface area (Å²) in [6, 6.07) is 8.09. The Morgan fingerprint density at radius 2 is 2.03 bits per heavy atom. The normalized spacial score (nSPS) is 16.3. The molecule has 0 bridgehead atoms. The molecular formula is C22H25FN4O2S. The predicted molar refractivity (Wildman–Crippen MR) is 114 cm³/mol. The Hall–Kier alpha value is -2.45. The fraction of sp³-hybridized carbons (Fsp3) is 0.409. The Bertz CT molecular complexity index is 1050. The van der Waals surface area contributed by atoms with Gasteiger partial charge < -0.3 is 13.9 Å². The van der Waals surface area contributed by atoms with Gasteiger partial charge in [-0.3, -0.25) is 4.79 Å². The first-order valence-electron chi connectivity index (χ1n) is 10.0. The summed E-state index contributed by atoms with van der Waals surface area (Å²) in [5.74, 6) is 0.690. The Balaban J connectivity index is 1.44. The summed E-state index contributed by atoms with van der Waals surface area (Å²) < 4.78 is 22.9. The van der Waals surface area contributed by atoms with E-state index in [4.69, 9.17) is 4.74 Å². The van der Waals surface area contributed by atoms with Gasteiger partial charge in [0.1, 0.15) is 5.82 Å². The molecule has 0 amide bonds. The lowest BCUT2D eigenvalue weighted by atomic mass is 10.2. The highest BCUT2D eigenvalue weighted by Gasteiger charge is 2.22. The summed E-state index contributed by atoms with van der Waals surface area (Å²) in [7, 11) is 1.85. The van der Waals surface area contributed by atoms with E-state index in [9.17, 15) is 9.18 Å². The number of benzene rings is 1. The zero-order chi connectivity index (χ0) is 21.3. The van der Waals surface area contributed by atoms with Crippen LogP contribution < -0.4 is 0 Å². The van der Waals surface area contributed by atoms with Crippen LogP contribution in [0, 0.1) is 19.7 Å². The van der Waals surface area contributed by atoms with Gasteiger partial charge in [-0.1, -0.05) is 11.8 Å². The topological polar surface area (TPSA) is 61.9 Å². The van der Waals surface area contributed by atoms with Crippen LogP contribution in [0.4, 0.5) is 4.39 Å². The van der Waals surface area contributed by atoms with Gasteiger partial charge >= 0.3 is 0 Å². The Morgan fingerprint density at radius 3 is 2.73 bits per heavy atom. The maximum atomic E-state index is 13.2. The molecule has 1 aliphatic rings. The lowest BCUT2D eigenvalue weighted by Crippen LogP contribution is -2.17. The summed E-state index contributed by atoms with van der Waals surface area (Å²) in [5.41, 5.74) is 3.59. The number of aromatic nitrogens is 4. The first-order valence-corrected chi connectivity index (χ1v) is 11.0. The van der Waals surface area contributed by atoms with Crippen LogP contribution in [-0.4, -0.2) is 43.6 Å². The number of hydrogen-bond acceptors (Lipinski definition) is 5. The molecule has 6 nitrogen and oxygen atoms in total. The van der Waals surface area contributed by atoms with Crippen molar-refractivity contribution in [2.24, 2.45) is 7.05 Å². The van der Waals surface area contributed by atoms with Gasteiger partial charge in [0.05, 0.1) is 11.9 Å². The van der Waals surface area contributed by atoms with E-state index in [0.29, 0.717) is 11.0 Å². The zero-order valence-corrected chi connectivity index (χ0v) is 18.2. The summed E-state index contributed by atoms with van der Waals surface area (Å²) in [5, 5.41) is 9.05. The maximum Gasteiger partial charge on any atom is 0.191 e. The molecule has 30 heavy (non-hydrogen) atoms. The van der Waals surface area contributed by atoms with E-state index in [1.54, 1.807) is 12.1 Å². The highest BCUT2D eigenvalue weighted by atomic mass is 32.2. The lowest BCUT2D eigenvalue weighted by molar-refractivity contribution is 0.0957. The van der Waals surface area contributed by atoms with Gasteiger partial charge in [0.2, 0.25) is 0 Å².